The Morgan fingerprint density at radius 2 is 1.87 bits per heavy atom. The highest BCUT2D eigenvalue weighted by molar-refractivity contribution is 14.0. The first-order valence-electron chi connectivity index (χ1n) is 11.2. The molecule has 7 heteroatoms. The minimum absolute atomic E-state index is 0. The van der Waals surface area contributed by atoms with Gasteiger partial charge in [-0.3, -0.25) is 9.88 Å². The lowest BCUT2D eigenvalue weighted by molar-refractivity contribution is 0.253. The molecule has 0 spiro atoms. The first-order valence-corrected chi connectivity index (χ1v) is 11.2. The van der Waals surface area contributed by atoms with Gasteiger partial charge in [0.15, 0.2) is 5.96 Å². The number of piperazine rings is 1. The SMILES string of the molecule is CCNC(=NCc1ccccn1)NCCCCN1CCN(c2cccc(C)c2)CC1.I. The maximum atomic E-state index is 4.63. The molecule has 170 valence electrons. The second-order valence-corrected chi connectivity index (χ2v) is 7.82. The number of anilines is 1. The molecule has 0 atom stereocenters. The maximum absolute atomic E-state index is 4.63. The summed E-state index contributed by atoms with van der Waals surface area (Å²) in [5.74, 6) is 0.870. The largest absolute Gasteiger partial charge is 0.369 e. The van der Waals surface area contributed by atoms with E-state index in [-0.39, 0.29) is 24.0 Å². The van der Waals surface area contributed by atoms with E-state index in [1.807, 2.05) is 24.4 Å². The van der Waals surface area contributed by atoms with Crippen molar-refractivity contribution in [1.29, 1.82) is 0 Å². The van der Waals surface area contributed by atoms with Gasteiger partial charge in [0.05, 0.1) is 12.2 Å². The lowest BCUT2D eigenvalue weighted by Crippen LogP contribution is -2.46. The second kappa shape index (κ2) is 14.2. The van der Waals surface area contributed by atoms with Gasteiger partial charge in [0.1, 0.15) is 0 Å². The van der Waals surface area contributed by atoms with E-state index in [0.29, 0.717) is 6.54 Å². The zero-order chi connectivity index (χ0) is 21.0. The summed E-state index contributed by atoms with van der Waals surface area (Å²) >= 11 is 0. The number of benzene rings is 1. The third kappa shape index (κ3) is 9.03. The summed E-state index contributed by atoms with van der Waals surface area (Å²) < 4.78 is 0. The Kier molecular flexibility index (Phi) is 11.7. The van der Waals surface area contributed by atoms with Crippen LogP contribution in [0.3, 0.4) is 0 Å². The monoisotopic (exact) mass is 536 g/mol. The maximum Gasteiger partial charge on any atom is 0.191 e. The Morgan fingerprint density at radius 1 is 1.03 bits per heavy atom. The molecule has 1 aliphatic heterocycles. The number of aliphatic imine (C=N–C) groups is 1. The molecule has 6 nitrogen and oxygen atoms in total. The molecular weight excluding hydrogens is 499 g/mol. The molecule has 2 N–H and O–H groups in total. The molecule has 0 amide bonds. The average Bonchev–Trinajstić information content (AvgIpc) is 2.78. The average molecular weight is 537 g/mol. The van der Waals surface area contributed by atoms with E-state index in [2.05, 4.69) is 68.5 Å². The number of nitrogens with one attached hydrogen (secondary N) is 2. The van der Waals surface area contributed by atoms with Crippen molar-refractivity contribution < 1.29 is 0 Å². The normalized spacial score (nSPS) is 14.8. The van der Waals surface area contributed by atoms with Crippen LogP contribution in [0.2, 0.25) is 0 Å². The summed E-state index contributed by atoms with van der Waals surface area (Å²) in [6.07, 6.45) is 4.16. The third-order valence-electron chi connectivity index (χ3n) is 5.40. The summed E-state index contributed by atoms with van der Waals surface area (Å²) in [5, 5.41) is 6.76. The van der Waals surface area contributed by atoms with Gasteiger partial charge in [-0.15, -0.1) is 24.0 Å². The number of hydrogen-bond donors (Lipinski definition) is 2. The number of guanidine groups is 1. The first-order chi connectivity index (χ1) is 14.7. The predicted molar refractivity (Wildman–Crippen MR) is 142 cm³/mol. The molecule has 0 aliphatic carbocycles. The number of nitrogens with zero attached hydrogens (tertiary/aromatic N) is 4. The van der Waals surface area contributed by atoms with Crippen LogP contribution in [0.5, 0.6) is 0 Å². The fraction of sp³-hybridized carbons (Fsp3) is 0.500. The zero-order valence-electron chi connectivity index (χ0n) is 18.9. The Balaban J connectivity index is 0.00000341. The molecule has 0 bridgehead atoms. The van der Waals surface area contributed by atoms with Crippen LogP contribution in [-0.4, -0.2) is 61.7 Å². The summed E-state index contributed by atoms with van der Waals surface area (Å²) in [6.45, 7) is 12.4. The van der Waals surface area contributed by atoms with Crippen LogP contribution in [0, 0.1) is 6.92 Å². The molecule has 0 saturated carbocycles. The van der Waals surface area contributed by atoms with Crippen LogP contribution in [0.15, 0.2) is 53.7 Å². The van der Waals surface area contributed by atoms with Crippen LogP contribution >= 0.6 is 24.0 Å². The fourth-order valence-electron chi connectivity index (χ4n) is 3.72. The van der Waals surface area contributed by atoms with Gasteiger partial charge in [-0.25, -0.2) is 4.99 Å². The summed E-state index contributed by atoms with van der Waals surface area (Å²) in [5.41, 5.74) is 3.68. The summed E-state index contributed by atoms with van der Waals surface area (Å²) in [4.78, 5) is 14.1. The Labute approximate surface area is 204 Å². The van der Waals surface area contributed by atoms with Crippen LogP contribution < -0.4 is 15.5 Å². The number of rotatable bonds is 9. The standard InChI is InChI=1S/C24H36N6.HI/c1-3-25-24(28-20-22-10-4-5-12-26-22)27-13-6-7-14-29-15-17-30(18-16-29)23-11-8-9-21(2)19-23;/h4-5,8-12,19H,3,6-7,13-18,20H2,1-2H3,(H2,25,27,28);1H. The molecule has 1 fully saturated rings. The predicted octanol–water partition coefficient (Wildman–Crippen LogP) is 3.67. The van der Waals surface area contributed by atoms with Crippen molar-refractivity contribution >= 4 is 35.6 Å². The topological polar surface area (TPSA) is 55.8 Å². The molecule has 1 aliphatic rings. The summed E-state index contributed by atoms with van der Waals surface area (Å²) in [7, 11) is 0. The smallest absolute Gasteiger partial charge is 0.191 e. The van der Waals surface area contributed by atoms with Gasteiger partial charge in [0.2, 0.25) is 0 Å². The lowest BCUT2D eigenvalue weighted by atomic mass is 10.2. The van der Waals surface area contributed by atoms with Gasteiger partial charge in [0.25, 0.3) is 0 Å². The van der Waals surface area contributed by atoms with Gasteiger partial charge < -0.3 is 15.5 Å². The van der Waals surface area contributed by atoms with Gasteiger partial charge in [-0.1, -0.05) is 18.2 Å². The molecule has 2 aromatic rings. The van der Waals surface area contributed by atoms with Crippen molar-refractivity contribution in [3.05, 3.63) is 59.9 Å². The van der Waals surface area contributed by atoms with Crippen molar-refractivity contribution in [1.82, 2.24) is 20.5 Å². The molecule has 1 aromatic carbocycles. The molecule has 0 unspecified atom stereocenters. The summed E-state index contributed by atoms with van der Waals surface area (Å²) in [6, 6.07) is 14.8. The van der Waals surface area contributed by atoms with Gasteiger partial charge >= 0.3 is 0 Å². The Bertz CT molecular complexity index is 775. The van der Waals surface area contributed by atoms with Gasteiger partial charge in [-0.05, 0) is 63.1 Å². The van der Waals surface area contributed by atoms with E-state index in [4.69, 9.17) is 0 Å². The molecule has 3 rings (SSSR count). The van der Waals surface area contributed by atoms with Crippen LogP contribution in [0.1, 0.15) is 31.0 Å². The number of unbranched alkanes of at least 4 members (excludes halogenated alkanes) is 1. The van der Waals surface area contributed by atoms with Crippen molar-refractivity contribution in [2.24, 2.45) is 4.99 Å². The first kappa shape index (κ1) is 25.4. The third-order valence-corrected chi connectivity index (χ3v) is 5.40. The molecule has 0 radical (unpaired) electrons. The highest BCUT2D eigenvalue weighted by atomic mass is 127. The van der Waals surface area contributed by atoms with E-state index in [0.717, 1.165) is 57.3 Å². The number of pyridine rings is 1. The van der Waals surface area contributed by atoms with Gasteiger partial charge in [0, 0.05) is 51.2 Å². The van der Waals surface area contributed by atoms with Gasteiger partial charge in [-0.2, -0.15) is 0 Å². The molecule has 31 heavy (non-hydrogen) atoms. The van der Waals surface area contributed by atoms with E-state index >= 15 is 0 Å². The van der Waals surface area contributed by atoms with E-state index in [1.54, 1.807) is 0 Å². The van der Waals surface area contributed by atoms with Crippen molar-refractivity contribution in [3.8, 4) is 0 Å². The van der Waals surface area contributed by atoms with Crippen LogP contribution in [0.25, 0.3) is 0 Å². The quantitative estimate of drug-likeness (QED) is 0.222. The number of halogens is 1. The van der Waals surface area contributed by atoms with E-state index in [1.165, 1.54) is 24.2 Å². The minimum Gasteiger partial charge on any atom is -0.369 e. The van der Waals surface area contributed by atoms with E-state index < -0.39 is 0 Å². The van der Waals surface area contributed by atoms with Crippen molar-refractivity contribution in [2.75, 3.05) is 50.7 Å². The molecule has 1 aromatic heterocycles. The molecule has 1 saturated heterocycles. The fourth-order valence-corrected chi connectivity index (χ4v) is 3.72. The Morgan fingerprint density at radius 3 is 2.58 bits per heavy atom. The number of aromatic nitrogens is 1. The van der Waals surface area contributed by atoms with Crippen molar-refractivity contribution in [3.63, 3.8) is 0 Å². The number of hydrogen-bond acceptors (Lipinski definition) is 4. The Hall–Kier alpha value is -1.87. The highest BCUT2D eigenvalue weighted by Crippen LogP contribution is 2.17. The lowest BCUT2D eigenvalue weighted by Gasteiger charge is -2.36. The number of aryl methyl sites for hydroxylation is 1. The molecular formula is C24H37IN6. The van der Waals surface area contributed by atoms with E-state index in [9.17, 15) is 0 Å². The minimum atomic E-state index is 0. The highest BCUT2D eigenvalue weighted by Gasteiger charge is 2.16. The van der Waals surface area contributed by atoms with Crippen LogP contribution in [0.4, 0.5) is 5.69 Å². The van der Waals surface area contributed by atoms with Crippen molar-refractivity contribution in [2.45, 2.75) is 33.2 Å². The zero-order valence-corrected chi connectivity index (χ0v) is 21.2. The van der Waals surface area contributed by atoms with Crippen LogP contribution in [-0.2, 0) is 6.54 Å². The molecule has 2 heterocycles. The second-order valence-electron chi connectivity index (χ2n) is 7.82.